The van der Waals surface area contributed by atoms with Crippen LogP contribution >= 0.6 is 0 Å². The number of nitrogen functional groups attached to an aromatic ring is 1. The number of nitrogens with two attached hydrogens (primary N) is 1. The van der Waals surface area contributed by atoms with Crippen molar-refractivity contribution in [3.05, 3.63) is 41.7 Å². The van der Waals surface area contributed by atoms with Crippen LogP contribution in [-0.4, -0.2) is 9.78 Å². The lowest BCUT2D eigenvalue weighted by atomic mass is 10.2. The molecule has 90 valence electrons. The lowest BCUT2D eigenvalue weighted by Gasteiger charge is -2.10. The molecule has 2 rings (SSSR count). The molecule has 1 heterocycles. The van der Waals surface area contributed by atoms with E-state index in [2.05, 4.69) is 5.10 Å². The third-order valence-corrected chi connectivity index (χ3v) is 2.74. The van der Waals surface area contributed by atoms with Gasteiger partial charge in [-0.2, -0.15) is 5.10 Å². The SMILES string of the molecule is CCn1ncc(N)c1COc1ccccc1C. The highest BCUT2D eigenvalue weighted by atomic mass is 16.5. The Labute approximate surface area is 101 Å². The van der Waals surface area contributed by atoms with E-state index in [4.69, 9.17) is 10.5 Å². The molecule has 0 unspecified atom stereocenters. The van der Waals surface area contributed by atoms with Crippen LogP contribution in [0.2, 0.25) is 0 Å². The van der Waals surface area contributed by atoms with Gasteiger partial charge in [0.1, 0.15) is 12.4 Å². The normalized spacial score (nSPS) is 10.5. The molecule has 0 fully saturated rings. The minimum absolute atomic E-state index is 0.449. The Balaban J connectivity index is 2.12. The van der Waals surface area contributed by atoms with Gasteiger partial charge in [0.25, 0.3) is 0 Å². The van der Waals surface area contributed by atoms with Gasteiger partial charge in [0, 0.05) is 6.54 Å². The fourth-order valence-electron chi connectivity index (χ4n) is 1.72. The lowest BCUT2D eigenvalue weighted by Crippen LogP contribution is -2.08. The molecule has 1 aromatic heterocycles. The number of aryl methyl sites for hydroxylation is 2. The van der Waals surface area contributed by atoms with Crippen molar-refractivity contribution in [1.29, 1.82) is 0 Å². The highest BCUT2D eigenvalue weighted by Crippen LogP contribution is 2.19. The standard InChI is InChI=1S/C13H17N3O/c1-3-16-12(11(14)8-15-16)9-17-13-7-5-4-6-10(13)2/h4-8H,3,9,14H2,1-2H3. The maximum absolute atomic E-state index is 5.86. The summed E-state index contributed by atoms with van der Waals surface area (Å²) in [5.74, 6) is 0.885. The molecule has 0 saturated carbocycles. The van der Waals surface area contributed by atoms with Crippen molar-refractivity contribution in [2.24, 2.45) is 0 Å². The molecule has 0 spiro atoms. The molecule has 4 nitrogen and oxygen atoms in total. The summed E-state index contributed by atoms with van der Waals surface area (Å²) in [6, 6.07) is 7.93. The molecule has 0 aliphatic carbocycles. The van der Waals surface area contributed by atoms with Crippen LogP contribution in [0.4, 0.5) is 5.69 Å². The van der Waals surface area contributed by atoms with Crippen molar-refractivity contribution in [1.82, 2.24) is 9.78 Å². The number of hydrogen-bond donors (Lipinski definition) is 1. The molecule has 0 saturated heterocycles. The van der Waals surface area contributed by atoms with Gasteiger partial charge < -0.3 is 10.5 Å². The monoisotopic (exact) mass is 231 g/mol. The highest BCUT2D eigenvalue weighted by molar-refractivity contribution is 5.41. The molecule has 0 radical (unpaired) electrons. The first-order chi connectivity index (χ1) is 8.22. The molecule has 2 aromatic rings. The molecule has 2 N–H and O–H groups in total. The molecule has 0 aliphatic heterocycles. The Kier molecular flexibility index (Phi) is 3.32. The second-order valence-electron chi connectivity index (χ2n) is 3.92. The molecule has 1 aromatic carbocycles. The molecule has 4 heteroatoms. The molecule has 0 atom stereocenters. The van der Waals surface area contributed by atoms with Crippen LogP contribution in [0.15, 0.2) is 30.5 Å². The van der Waals surface area contributed by atoms with E-state index in [1.807, 2.05) is 42.8 Å². The van der Waals surface area contributed by atoms with Crippen LogP contribution in [0.25, 0.3) is 0 Å². The molecule has 0 aliphatic rings. The van der Waals surface area contributed by atoms with Crippen LogP contribution in [0.1, 0.15) is 18.2 Å². The van der Waals surface area contributed by atoms with Crippen molar-refractivity contribution >= 4 is 5.69 Å². The summed E-state index contributed by atoms with van der Waals surface area (Å²) >= 11 is 0. The van der Waals surface area contributed by atoms with Gasteiger partial charge in [-0.05, 0) is 25.5 Å². The van der Waals surface area contributed by atoms with Gasteiger partial charge in [0.2, 0.25) is 0 Å². The maximum Gasteiger partial charge on any atom is 0.132 e. The number of benzene rings is 1. The summed E-state index contributed by atoms with van der Waals surface area (Å²) in [6.45, 7) is 5.30. The summed E-state index contributed by atoms with van der Waals surface area (Å²) in [6.07, 6.45) is 1.67. The second-order valence-corrected chi connectivity index (χ2v) is 3.92. The van der Waals surface area contributed by atoms with Crippen LogP contribution in [-0.2, 0) is 13.2 Å². The summed E-state index contributed by atoms with van der Waals surface area (Å²) in [5.41, 5.74) is 8.58. The van der Waals surface area contributed by atoms with E-state index >= 15 is 0 Å². The van der Waals surface area contributed by atoms with E-state index < -0.39 is 0 Å². The fraction of sp³-hybridized carbons (Fsp3) is 0.308. The average Bonchev–Trinajstić information content (AvgIpc) is 2.69. The molecule has 17 heavy (non-hydrogen) atoms. The van der Waals surface area contributed by atoms with E-state index in [0.717, 1.165) is 23.6 Å². The first-order valence-corrected chi connectivity index (χ1v) is 5.71. The minimum Gasteiger partial charge on any atom is -0.487 e. The number of ether oxygens (including phenoxy) is 1. The van der Waals surface area contributed by atoms with Crippen molar-refractivity contribution in [2.75, 3.05) is 5.73 Å². The third-order valence-electron chi connectivity index (χ3n) is 2.74. The predicted octanol–water partition coefficient (Wildman–Crippen LogP) is 2.37. The van der Waals surface area contributed by atoms with Gasteiger partial charge in [-0.15, -0.1) is 0 Å². The van der Waals surface area contributed by atoms with Gasteiger partial charge in [-0.3, -0.25) is 4.68 Å². The Morgan fingerprint density at radius 1 is 1.35 bits per heavy atom. The van der Waals surface area contributed by atoms with E-state index in [0.29, 0.717) is 12.3 Å². The van der Waals surface area contributed by atoms with Gasteiger partial charge >= 0.3 is 0 Å². The van der Waals surface area contributed by atoms with Gasteiger partial charge in [-0.25, -0.2) is 0 Å². The topological polar surface area (TPSA) is 53.1 Å². The van der Waals surface area contributed by atoms with Crippen LogP contribution in [0.5, 0.6) is 5.75 Å². The first kappa shape index (κ1) is 11.5. The lowest BCUT2D eigenvalue weighted by molar-refractivity contribution is 0.291. The van der Waals surface area contributed by atoms with Crippen LogP contribution in [0, 0.1) is 6.92 Å². The number of anilines is 1. The van der Waals surface area contributed by atoms with E-state index in [-0.39, 0.29) is 0 Å². The maximum atomic E-state index is 5.86. The smallest absolute Gasteiger partial charge is 0.132 e. The zero-order chi connectivity index (χ0) is 12.3. The molecule has 0 bridgehead atoms. The first-order valence-electron chi connectivity index (χ1n) is 5.71. The van der Waals surface area contributed by atoms with Crippen molar-refractivity contribution < 1.29 is 4.74 Å². The number of nitrogens with zero attached hydrogens (tertiary/aromatic N) is 2. The Morgan fingerprint density at radius 3 is 2.82 bits per heavy atom. The summed E-state index contributed by atoms with van der Waals surface area (Å²) in [7, 11) is 0. The summed E-state index contributed by atoms with van der Waals surface area (Å²) in [5, 5.41) is 4.18. The number of aromatic nitrogens is 2. The average molecular weight is 231 g/mol. The Hall–Kier alpha value is -1.97. The van der Waals surface area contributed by atoms with E-state index in [1.54, 1.807) is 6.20 Å². The Morgan fingerprint density at radius 2 is 2.12 bits per heavy atom. The van der Waals surface area contributed by atoms with Crippen molar-refractivity contribution in [2.45, 2.75) is 27.0 Å². The molecule has 0 amide bonds. The van der Waals surface area contributed by atoms with Crippen molar-refractivity contribution in [3.8, 4) is 5.75 Å². The van der Waals surface area contributed by atoms with Crippen molar-refractivity contribution in [3.63, 3.8) is 0 Å². The zero-order valence-electron chi connectivity index (χ0n) is 10.2. The third kappa shape index (κ3) is 2.41. The number of para-hydroxylation sites is 1. The predicted molar refractivity (Wildman–Crippen MR) is 67.8 cm³/mol. The summed E-state index contributed by atoms with van der Waals surface area (Å²) < 4.78 is 7.62. The number of rotatable bonds is 4. The zero-order valence-corrected chi connectivity index (χ0v) is 10.2. The van der Waals surface area contributed by atoms with Crippen LogP contribution in [0.3, 0.4) is 0 Å². The van der Waals surface area contributed by atoms with Gasteiger partial charge in [0.05, 0.1) is 17.6 Å². The van der Waals surface area contributed by atoms with Crippen LogP contribution < -0.4 is 10.5 Å². The summed E-state index contributed by atoms with van der Waals surface area (Å²) in [4.78, 5) is 0. The van der Waals surface area contributed by atoms with Gasteiger partial charge in [-0.1, -0.05) is 18.2 Å². The molecular weight excluding hydrogens is 214 g/mol. The largest absolute Gasteiger partial charge is 0.487 e. The van der Waals surface area contributed by atoms with E-state index in [9.17, 15) is 0 Å². The second kappa shape index (κ2) is 4.91. The Bertz CT molecular complexity index is 505. The minimum atomic E-state index is 0.449. The molecular formula is C13H17N3O. The number of hydrogen-bond acceptors (Lipinski definition) is 3. The quantitative estimate of drug-likeness (QED) is 0.878. The highest BCUT2D eigenvalue weighted by Gasteiger charge is 2.08. The van der Waals surface area contributed by atoms with E-state index in [1.165, 1.54) is 0 Å². The van der Waals surface area contributed by atoms with Gasteiger partial charge in [0.15, 0.2) is 0 Å². The fourth-order valence-corrected chi connectivity index (χ4v) is 1.72.